The zero-order valence-electron chi connectivity index (χ0n) is 16.2. The molecular formula is C19H24N4O4S. The number of esters is 1. The maximum Gasteiger partial charge on any atom is 0.309 e. The largest absolute Gasteiger partial charge is 0.455 e. The summed E-state index contributed by atoms with van der Waals surface area (Å²) in [6.07, 6.45) is 1.08. The van der Waals surface area contributed by atoms with Gasteiger partial charge < -0.3 is 15.0 Å². The lowest BCUT2D eigenvalue weighted by atomic mass is 9.97. The summed E-state index contributed by atoms with van der Waals surface area (Å²) < 4.78 is 6.87. The highest BCUT2D eigenvalue weighted by molar-refractivity contribution is 7.12. The molecule has 2 amide bonds. The van der Waals surface area contributed by atoms with Gasteiger partial charge in [0.1, 0.15) is 0 Å². The highest BCUT2D eigenvalue weighted by Gasteiger charge is 2.29. The lowest BCUT2D eigenvalue weighted by molar-refractivity contribution is -0.152. The van der Waals surface area contributed by atoms with Gasteiger partial charge in [0.15, 0.2) is 6.61 Å². The fraction of sp³-hybridized carbons (Fsp3) is 0.474. The number of nitrogens with one attached hydrogen (secondary N) is 1. The number of carbonyl (C=O) groups is 3. The SMILES string of the molecule is Cc1nn(C)c(C)c1NC(=O)COC(=O)C1CCN(C(=O)c2cccs2)CC1. The van der Waals surface area contributed by atoms with Crippen LogP contribution in [0, 0.1) is 19.8 Å². The smallest absolute Gasteiger partial charge is 0.309 e. The molecule has 0 bridgehead atoms. The third-order valence-electron chi connectivity index (χ3n) is 4.97. The van der Waals surface area contributed by atoms with Crippen molar-refractivity contribution in [1.82, 2.24) is 14.7 Å². The third-order valence-corrected chi connectivity index (χ3v) is 5.82. The molecule has 0 atom stereocenters. The summed E-state index contributed by atoms with van der Waals surface area (Å²) in [5, 5.41) is 8.85. The summed E-state index contributed by atoms with van der Waals surface area (Å²) in [4.78, 5) is 39.2. The van der Waals surface area contributed by atoms with Crippen molar-refractivity contribution in [2.24, 2.45) is 13.0 Å². The van der Waals surface area contributed by atoms with Crippen molar-refractivity contribution in [1.29, 1.82) is 0 Å². The van der Waals surface area contributed by atoms with Crippen molar-refractivity contribution in [2.45, 2.75) is 26.7 Å². The van der Waals surface area contributed by atoms with E-state index >= 15 is 0 Å². The van der Waals surface area contributed by atoms with Crippen LogP contribution >= 0.6 is 11.3 Å². The van der Waals surface area contributed by atoms with Crippen LogP contribution in [0.25, 0.3) is 0 Å². The van der Waals surface area contributed by atoms with E-state index in [0.29, 0.717) is 42.2 Å². The molecular weight excluding hydrogens is 380 g/mol. The summed E-state index contributed by atoms with van der Waals surface area (Å²) in [6, 6.07) is 3.65. The van der Waals surface area contributed by atoms with Gasteiger partial charge in [0.2, 0.25) is 0 Å². The Hall–Kier alpha value is -2.68. The minimum Gasteiger partial charge on any atom is -0.455 e. The van der Waals surface area contributed by atoms with Crippen molar-refractivity contribution in [3.63, 3.8) is 0 Å². The predicted molar refractivity (Wildman–Crippen MR) is 105 cm³/mol. The lowest BCUT2D eigenvalue weighted by Crippen LogP contribution is -2.40. The molecule has 0 aliphatic carbocycles. The highest BCUT2D eigenvalue weighted by atomic mass is 32.1. The molecule has 9 heteroatoms. The Morgan fingerprint density at radius 1 is 1.29 bits per heavy atom. The van der Waals surface area contributed by atoms with Crippen LogP contribution in [0.15, 0.2) is 17.5 Å². The number of anilines is 1. The zero-order chi connectivity index (χ0) is 20.3. The van der Waals surface area contributed by atoms with Crippen LogP contribution in [0.2, 0.25) is 0 Å². The van der Waals surface area contributed by atoms with Gasteiger partial charge in [0.05, 0.1) is 27.9 Å². The van der Waals surface area contributed by atoms with Crippen LogP contribution in [-0.2, 0) is 21.4 Å². The number of hydrogen-bond donors (Lipinski definition) is 1. The molecule has 28 heavy (non-hydrogen) atoms. The molecule has 8 nitrogen and oxygen atoms in total. The summed E-state index contributed by atoms with van der Waals surface area (Å²) in [5.74, 6) is -1.07. The van der Waals surface area contributed by atoms with Gasteiger partial charge >= 0.3 is 5.97 Å². The molecule has 0 unspecified atom stereocenters. The number of nitrogens with zero attached hydrogens (tertiary/aromatic N) is 3. The molecule has 2 aromatic rings. The standard InChI is InChI=1S/C19H24N4O4S/c1-12-17(13(2)22(3)21-12)20-16(24)11-27-19(26)14-6-8-23(9-7-14)18(25)15-5-4-10-28-15/h4-5,10,14H,6-9,11H2,1-3H3,(H,20,24). The van der Waals surface area contributed by atoms with Crippen LogP contribution in [0.4, 0.5) is 5.69 Å². The van der Waals surface area contributed by atoms with Crippen LogP contribution < -0.4 is 5.32 Å². The normalized spacial score (nSPS) is 14.8. The molecule has 0 spiro atoms. The molecule has 1 N–H and O–H groups in total. The van der Waals surface area contributed by atoms with E-state index < -0.39 is 11.9 Å². The molecule has 1 saturated heterocycles. The summed E-state index contributed by atoms with van der Waals surface area (Å²) in [5.41, 5.74) is 2.19. The molecule has 1 aliphatic rings. The van der Waals surface area contributed by atoms with Crippen molar-refractivity contribution < 1.29 is 19.1 Å². The minimum atomic E-state index is -0.391. The van der Waals surface area contributed by atoms with Gasteiger partial charge in [-0.1, -0.05) is 6.07 Å². The van der Waals surface area contributed by atoms with E-state index in [9.17, 15) is 14.4 Å². The number of aryl methyl sites for hydroxylation is 2. The number of amides is 2. The molecule has 0 saturated carbocycles. The van der Waals surface area contributed by atoms with E-state index in [2.05, 4.69) is 10.4 Å². The lowest BCUT2D eigenvalue weighted by Gasteiger charge is -2.30. The summed E-state index contributed by atoms with van der Waals surface area (Å²) in [7, 11) is 1.80. The second-order valence-electron chi connectivity index (χ2n) is 6.87. The number of piperidine rings is 1. The molecule has 3 heterocycles. The van der Waals surface area contributed by atoms with E-state index in [1.807, 2.05) is 18.4 Å². The topological polar surface area (TPSA) is 93.5 Å². The van der Waals surface area contributed by atoms with Crippen LogP contribution in [0.3, 0.4) is 0 Å². The first kappa shape index (κ1) is 20.1. The number of carbonyl (C=O) groups excluding carboxylic acids is 3. The Morgan fingerprint density at radius 2 is 2.00 bits per heavy atom. The number of rotatable bonds is 5. The number of aromatic nitrogens is 2. The van der Waals surface area contributed by atoms with Crippen LogP contribution in [-0.4, -0.2) is 52.2 Å². The first-order chi connectivity index (χ1) is 13.4. The summed E-state index contributed by atoms with van der Waals surface area (Å²) in [6.45, 7) is 4.35. The van der Waals surface area contributed by atoms with Gasteiger partial charge in [-0.15, -0.1) is 11.3 Å². The Bertz CT molecular complexity index is 867. The van der Waals surface area contributed by atoms with E-state index in [1.165, 1.54) is 11.3 Å². The van der Waals surface area contributed by atoms with E-state index in [4.69, 9.17) is 4.74 Å². The van der Waals surface area contributed by atoms with Crippen molar-refractivity contribution in [3.8, 4) is 0 Å². The van der Waals surface area contributed by atoms with Gasteiger partial charge in [0, 0.05) is 20.1 Å². The van der Waals surface area contributed by atoms with Crippen molar-refractivity contribution in [2.75, 3.05) is 25.0 Å². The monoisotopic (exact) mass is 404 g/mol. The number of thiophene rings is 1. The van der Waals surface area contributed by atoms with Crippen LogP contribution in [0.1, 0.15) is 33.9 Å². The predicted octanol–water partition coefficient (Wildman–Crippen LogP) is 2.13. The third kappa shape index (κ3) is 4.41. The quantitative estimate of drug-likeness (QED) is 0.771. The second-order valence-corrected chi connectivity index (χ2v) is 7.82. The molecule has 3 rings (SSSR count). The molecule has 0 radical (unpaired) electrons. The zero-order valence-corrected chi connectivity index (χ0v) is 17.0. The van der Waals surface area contributed by atoms with Gasteiger partial charge in [0.25, 0.3) is 11.8 Å². The molecule has 2 aromatic heterocycles. The van der Waals surface area contributed by atoms with Gasteiger partial charge in [-0.3, -0.25) is 19.1 Å². The van der Waals surface area contributed by atoms with Gasteiger partial charge in [-0.25, -0.2) is 0 Å². The van der Waals surface area contributed by atoms with Crippen molar-refractivity contribution in [3.05, 3.63) is 33.8 Å². The average molecular weight is 404 g/mol. The maximum absolute atomic E-state index is 12.3. The number of hydrogen-bond acceptors (Lipinski definition) is 6. The first-order valence-corrected chi connectivity index (χ1v) is 10.0. The van der Waals surface area contributed by atoms with E-state index in [1.54, 1.807) is 29.6 Å². The Kier molecular flexibility index (Phi) is 6.13. The average Bonchev–Trinajstić information content (AvgIpc) is 3.30. The van der Waals surface area contributed by atoms with Gasteiger partial charge in [-0.05, 0) is 38.1 Å². The number of likely N-dealkylation sites (tertiary alicyclic amines) is 1. The van der Waals surface area contributed by atoms with Crippen LogP contribution in [0.5, 0.6) is 0 Å². The molecule has 0 aromatic carbocycles. The number of ether oxygens (including phenoxy) is 1. The molecule has 1 aliphatic heterocycles. The first-order valence-electron chi connectivity index (χ1n) is 9.16. The minimum absolute atomic E-state index is 0.00315. The van der Waals surface area contributed by atoms with E-state index in [-0.39, 0.29) is 18.4 Å². The Balaban J connectivity index is 1.44. The van der Waals surface area contributed by atoms with E-state index in [0.717, 1.165) is 5.69 Å². The fourth-order valence-corrected chi connectivity index (χ4v) is 3.95. The second kappa shape index (κ2) is 8.55. The Morgan fingerprint density at radius 3 is 2.57 bits per heavy atom. The highest BCUT2D eigenvalue weighted by Crippen LogP contribution is 2.22. The molecule has 1 fully saturated rings. The molecule has 150 valence electrons. The Labute approximate surface area is 167 Å². The fourth-order valence-electron chi connectivity index (χ4n) is 3.26. The maximum atomic E-state index is 12.3. The van der Waals surface area contributed by atoms with Gasteiger partial charge in [-0.2, -0.15) is 5.10 Å². The summed E-state index contributed by atoms with van der Waals surface area (Å²) >= 11 is 1.41. The van der Waals surface area contributed by atoms with Crippen molar-refractivity contribution >= 4 is 34.8 Å².